The van der Waals surface area contributed by atoms with Crippen molar-refractivity contribution in [2.45, 2.75) is 45.6 Å². The monoisotopic (exact) mass is 417 g/mol. The number of aliphatic imine (C=N–C) groups is 1. The Morgan fingerprint density at radius 2 is 2.00 bits per heavy atom. The van der Waals surface area contributed by atoms with E-state index in [1.807, 2.05) is 6.20 Å². The maximum atomic E-state index is 5.72. The summed E-state index contributed by atoms with van der Waals surface area (Å²) < 4.78 is 10.8. The molecule has 1 N–H and O–H groups in total. The van der Waals surface area contributed by atoms with Gasteiger partial charge in [-0.2, -0.15) is 0 Å². The number of ether oxygens (including phenoxy) is 2. The number of pyridine rings is 1. The third kappa shape index (κ3) is 7.13. The molecule has 3 heterocycles. The summed E-state index contributed by atoms with van der Waals surface area (Å²) in [5.74, 6) is 2.65. The Balaban J connectivity index is 1.51. The molecule has 1 aromatic heterocycles. The SMILES string of the molecule is CCNC(=NCc1ccc(N2CCCCCC2)nc1)N1CCC(COCCOC)C1. The molecule has 1 unspecified atom stereocenters. The highest BCUT2D eigenvalue weighted by atomic mass is 16.5. The zero-order valence-electron chi connectivity index (χ0n) is 18.8. The molecule has 2 saturated heterocycles. The van der Waals surface area contributed by atoms with Gasteiger partial charge in [-0.05, 0) is 37.8 Å². The molecule has 0 aromatic carbocycles. The van der Waals surface area contributed by atoms with E-state index >= 15 is 0 Å². The van der Waals surface area contributed by atoms with E-state index in [-0.39, 0.29) is 0 Å². The Labute approximate surface area is 181 Å². The summed E-state index contributed by atoms with van der Waals surface area (Å²) >= 11 is 0. The minimum atomic E-state index is 0.556. The van der Waals surface area contributed by atoms with Crippen molar-refractivity contribution >= 4 is 11.8 Å². The van der Waals surface area contributed by atoms with Crippen molar-refractivity contribution in [3.63, 3.8) is 0 Å². The summed E-state index contributed by atoms with van der Waals surface area (Å²) in [5, 5.41) is 3.45. The van der Waals surface area contributed by atoms with Crippen molar-refractivity contribution in [2.24, 2.45) is 10.9 Å². The first-order valence-electron chi connectivity index (χ1n) is 11.6. The molecule has 3 rings (SSSR count). The molecular weight excluding hydrogens is 378 g/mol. The normalized spacial score (nSPS) is 20.5. The lowest BCUT2D eigenvalue weighted by atomic mass is 10.1. The largest absolute Gasteiger partial charge is 0.382 e. The molecule has 0 spiro atoms. The molecule has 2 aliphatic heterocycles. The minimum Gasteiger partial charge on any atom is -0.382 e. The third-order valence-corrected chi connectivity index (χ3v) is 5.86. The summed E-state index contributed by atoms with van der Waals surface area (Å²) in [6.45, 7) is 10.0. The van der Waals surface area contributed by atoms with Crippen molar-refractivity contribution < 1.29 is 9.47 Å². The molecule has 2 fully saturated rings. The van der Waals surface area contributed by atoms with Crippen molar-refractivity contribution in [3.8, 4) is 0 Å². The van der Waals surface area contributed by atoms with Gasteiger partial charge in [0.25, 0.3) is 0 Å². The zero-order valence-corrected chi connectivity index (χ0v) is 18.8. The van der Waals surface area contributed by atoms with E-state index in [1.165, 1.54) is 25.7 Å². The number of hydrogen-bond donors (Lipinski definition) is 1. The summed E-state index contributed by atoms with van der Waals surface area (Å²) in [6, 6.07) is 4.34. The van der Waals surface area contributed by atoms with Crippen LogP contribution in [0.15, 0.2) is 23.3 Å². The van der Waals surface area contributed by atoms with Crippen molar-refractivity contribution in [1.29, 1.82) is 0 Å². The molecule has 2 aliphatic rings. The van der Waals surface area contributed by atoms with Gasteiger partial charge in [-0.15, -0.1) is 0 Å². The highest BCUT2D eigenvalue weighted by molar-refractivity contribution is 5.80. The number of hydrogen-bond acceptors (Lipinski definition) is 5. The maximum absolute atomic E-state index is 5.72. The van der Waals surface area contributed by atoms with Crippen LogP contribution in [0.3, 0.4) is 0 Å². The third-order valence-electron chi connectivity index (χ3n) is 5.86. The van der Waals surface area contributed by atoms with Crippen LogP contribution in [0.5, 0.6) is 0 Å². The lowest BCUT2D eigenvalue weighted by Gasteiger charge is -2.22. The van der Waals surface area contributed by atoms with Gasteiger partial charge in [-0.1, -0.05) is 18.9 Å². The fourth-order valence-electron chi connectivity index (χ4n) is 4.14. The van der Waals surface area contributed by atoms with Crippen molar-refractivity contribution in [2.75, 3.05) is 64.6 Å². The maximum Gasteiger partial charge on any atom is 0.194 e. The Kier molecular flexibility index (Phi) is 9.70. The molecule has 0 aliphatic carbocycles. The van der Waals surface area contributed by atoms with Crippen LogP contribution in [0.2, 0.25) is 0 Å². The number of guanidine groups is 1. The fraction of sp³-hybridized carbons (Fsp3) is 0.739. The molecule has 1 atom stereocenters. The standard InChI is InChI=1S/C23H39N5O2/c1-3-24-23(28-13-10-21(18-28)19-30-15-14-29-2)26-17-20-8-9-22(25-16-20)27-11-6-4-5-7-12-27/h8-9,16,21H,3-7,10-15,17-19H2,1-2H3,(H,24,26). The molecule has 30 heavy (non-hydrogen) atoms. The predicted octanol–water partition coefficient (Wildman–Crippen LogP) is 2.91. The number of rotatable bonds is 9. The molecule has 0 radical (unpaired) electrons. The smallest absolute Gasteiger partial charge is 0.194 e. The second kappa shape index (κ2) is 12.7. The van der Waals surface area contributed by atoms with E-state index < -0.39 is 0 Å². The van der Waals surface area contributed by atoms with Gasteiger partial charge in [0.15, 0.2) is 5.96 Å². The van der Waals surface area contributed by atoms with E-state index in [4.69, 9.17) is 19.5 Å². The van der Waals surface area contributed by atoms with Crippen LogP contribution in [-0.4, -0.2) is 75.5 Å². The Morgan fingerprint density at radius 3 is 2.70 bits per heavy atom. The number of nitrogens with zero attached hydrogens (tertiary/aromatic N) is 4. The van der Waals surface area contributed by atoms with Gasteiger partial charge in [0.1, 0.15) is 5.82 Å². The van der Waals surface area contributed by atoms with E-state index in [0.29, 0.717) is 25.7 Å². The Bertz CT molecular complexity index is 629. The van der Waals surface area contributed by atoms with Crippen LogP contribution in [0, 0.1) is 5.92 Å². The molecular formula is C23H39N5O2. The highest BCUT2D eigenvalue weighted by Crippen LogP contribution is 2.19. The van der Waals surface area contributed by atoms with Crippen LogP contribution >= 0.6 is 0 Å². The summed E-state index contributed by atoms with van der Waals surface area (Å²) in [7, 11) is 1.71. The number of nitrogens with one attached hydrogen (secondary N) is 1. The minimum absolute atomic E-state index is 0.556. The molecule has 0 amide bonds. The topological polar surface area (TPSA) is 62.2 Å². The van der Waals surface area contributed by atoms with Gasteiger partial charge in [0.2, 0.25) is 0 Å². The number of anilines is 1. The van der Waals surface area contributed by atoms with Gasteiger partial charge >= 0.3 is 0 Å². The predicted molar refractivity (Wildman–Crippen MR) is 122 cm³/mol. The van der Waals surface area contributed by atoms with Crippen LogP contribution in [0.4, 0.5) is 5.82 Å². The van der Waals surface area contributed by atoms with Gasteiger partial charge < -0.3 is 24.6 Å². The van der Waals surface area contributed by atoms with E-state index in [2.05, 4.69) is 34.2 Å². The Hall–Kier alpha value is -1.86. The first-order valence-corrected chi connectivity index (χ1v) is 11.6. The number of aromatic nitrogens is 1. The lowest BCUT2D eigenvalue weighted by molar-refractivity contribution is 0.0536. The first-order chi connectivity index (χ1) is 14.8. The summed E-state index contributed by atoms with van der Waals surface area (Å²) in [5.41, 5.74) is 1.16. The molecule has 0 bridgehead atoms. The number of likely N-dealkylation sites (tertiary alicyclic amines) is 1. The molecule has 7 heteroatoms. The quantitative estimate of drug-likeness (QED) is 0.379. The van der Waals surface area contributed by atoms with Crippen LogP contribution in [-0.2, 0) is 16.0 Å². The average molecular weight is 418 g/mol. The van der Waals surface area contributed by atoms with E-state index in [9.17, 15) is 0 Å². The molecule has 1 aromatic rings. The van der Waals surface area contributed by atoms with Gasteiger partial charge in [0.05, 0.1) is 26.4 Å². The zero-order chi connectivity index (χ0) is 21.0. The second-order valence-electron chi connectivity index (χ2n) is 8.26. The van der Waals surface area contributed by atoms with Gasteiger partial charge in [-0.3, -0.25) is 0 Å². The average Bonchev–Trinajstić information content (AvgIpc) is 3.07. The molecule has 0 saturated carbocycles. The molecule has 168 valence electrons. The fourth-order valence-corrected chi connectivity index (χ4v) is 4.14. The first kappa shape index (κ1) is 22.8. The lowest BCUT2D eigenvalue weighted by Crippen LogP contribution is -2.40. The van der Waals surface area contributed by atoms with Crippen molar-refractivity contribution in [1.82, 2.24) is 15.2 Å². The van der Waals surface area contributed by atoms with E-state index in [0.717, 1.165) is 63.1 Å². The second-order valence-corrected chi connectivity index (χ2v) is 8.26. The number of methoxy groups -OCH3 is 1. The van der Waals surface area contributed by atoms with Gasteiger partial charge in [-0.25, -0.2) is 9.98 Å². The molecule has 7 nitrogen and oxygen atoms in total. The summed E-state index contributed by atoms with van der Waals surface area (Å²) in [6.07, 6.45) is 8.36. The highest BCUT2D eigenvalue weighted by Gasteiger charge is 2.25. The summed E-state index contributed by atoms with van der Waals surface area (Å²) in [4.78, 5) is 14.4. The van der Waals surface area contributed by atoms with E-state index in [1.54, 1.807) is 7.11 Å². The van der Waals surface area contributed by atoms with Crippen LogP contribution < -0.4 is 10.2 Å². The van der Waals surface area contributed by atoms with Crippen LogP contribution in [0.1, 0.15) is 44.6 Å². The van der Waals surface area contributed by atoms with Crippen molar-refractivity contribution in [3.05, 3.63) is 23.9 Å². The van der Waals surface area contributed by atoms with Gasteiger partial charge in [0, 0.05) is 51.9 Å². The Morgan fingerprint density at radius 1 is 1.17 bits per heavy atom. The van der Waals surface area contributed by atoms with Crippen LogP contribution in [0.25, 0.3) is 0 Å².